The molecule has 1 aliphatic heterocycles. The van der Waals surface area contributed by atoms with E-state index in [-0.39, 0.29) is 11.9 Å². The summed E-state index contributed by atoms with van der Waals surface area (Å²) in [7, 11) is 0. The zero-order valence-corrected chi connectivity index (χ0v) is 17.5. The molecule has 1 amide bonds. The number of carbonyl (C=O) groups excluding carboxylic acids is 1. The fourth-order valence-corrected chi connectivity index (χ4v) is 5.67. The second kappa shape index (κ2) is 7.71. The van der Waals surface area contributed by atoms with Gasteiger partial charge in [0, 0.05) is 48.4 Å². The van der Waals surface area contributed by atoms with Crippen LogP contribution in [0.3, 0.4) is 0 Å². The van der Waals surface area contributed by atoms with E-state index in [9.17, 15) is 4.79 Å². The molecule has 7 heteroatoms. The Kier molecular flexibility index (Phi) is 4.91. The van der Waals surface area contributed by atoms with E-state index < -0.39 is 0 Å². The monoisotopic (exact) mass is 407 g/mol. The van der Waals surface area contributed by atoms with Crippen LogP contribution in [0.2, 0.25) is 0 Å². The quantitative estimate of drug-likeness (QED) is 0.706. The first-order chi connectivity index (χ1) is 14.2. The maximum absolute atomic E-state index is 12.1. The number of aromatic nitrogens is 3. The van der Waals surface area contributed by atoms with Gasteiger partial charge in [-0.25, -0.2) is 9.97 Å². The van der Waals surface area contributed by atoms with E-state index in [4.69, 9.17) is 9.97 Å². The van der Waals surface area contributed by atoms with Gasteiger partial charge in [-0.05, 0) is 49.8 Å². The molecule has 1 atom stereocenters. The number of aryl methyl sites for hydroxylation is 2. The molecule has 0 radical (unpaired) electrons. The lowest BCUT2D eigenvalue weighted by Gasteiger charge is -2.18. The molecule has 1 aliphatic carbocycles. The number of fused-ring (bicyclic) bond motifs is 3. The molecule has 1 fully saturated rings. The van der Waals surface area contributed by atoms with Crippen LogP contribution in [0.5, 0.6) is 0 Å². The highest BCUT2D eigenvalue weighted by molar-refractivity contribution is 7.19. The van der Waals surface area contributed by atoms with Crippen LogP contribution >= 0.6 is 11.3 Å². The Balaban J connectivity index is 1.55. The molecule has 0 spiro atoms. The molecule has 150 valence electrons. The van der Waals surface area contributed by atoms with Gasteiger partial charge in [-0.1, -0.05) is 6.92 Å². The van der Waals surface area contributed by atoms with Crippen molar-refractivity contribution < 1.29 is 4.79 Å². The van der Waals surface area contributed by atoms with Crippen LogP contribution in [-0.4, -0.2) is 44.9 Å². The lowest BCUT2D eigenvalue weighted by Crippen LogP contribution is -2.31. The average Bonchev–Trinajstić information content (AvgIpc) is 3.38. The summed E-state index contributed by atoms with van der Waals surface area (Å²) in [4.78, 5) is 30.7. The average molecular weight is 408 g/mol. The van der Waals surface area contributed by atoms with Gasteiger partial charge < -0.3 is 10.2 Å². The van der Waals surface area contributed by atoms with E-state index >= 15 is 0 Å². The summed E-state index contributed by atoms with van der Waals surface area (Å²) >= 11 is 1.81. The van der Waals surface area contributed by atoms with Crippen LogP contribution in [0.25, 0.3) is 21.6 Å². The number of hydrogen-bond acceptors (Lipinski definition) is 6. The number of pyridine rings is 1. The first-order valence-corrected chi connectivity index (χ1v) is 11.3. The summed E-state index contributed by atoms with van der Waals surface area (Å²) < 4.78 is 0. The number of rotatable bonds is 4. The number of hydrogen-bond donors (Lipinski definition) is 1. The predicted molar refractivity (Wildman–Crippen MR) is 116 cm³/mol. The summed E-state index contributed by atoms with van der Waals surface area (Å²) in [5, 5.41) is 4.87. The Morgan fingerprint density at radius 1 is 1.31 bits per heavy atom. The van der Waals surface area contributed by atoms with Gasteiger partial charge >= 0.3 is 0 Å². The molecule has 5 rings (SSSR count). The third-order valence-electron chi connectivity index (χ3n) is 5.92. The highest BCUT2D eigenvalue weighted by Crippen LogP contribution is 2.40. The van der Waals surface area contributed by atoms with Crippen molar-refractivity contribution in [2.45, 2.75) is 51.5 Å². The molecule has 29 heavy (non-hydrogen) atoms. The highest BCUT2D eigenvalue weighted by Gasteiger charge is 2.28. The Morgan fingerprint density at radius 2 is 2.21 bits per heavy atom. The molecule has 0 saturated carbocycles. The van der Waals surface area contributed by atoms with Crippen molar-refractivity contribution in [2.75, 3.05) is 18.4 Å². The van der Waals surface area contributed by atoms with Crippen LogP contribution in [0.4, 0.5) is 5.82 Å². The van der Waals surface area contributed by atoms with Crippen LogP contribution in [0.15, 0.2) is 24.5 Å². The van der Waals surface area contributed by atoms with Crippen molar-refractivity contribution in [1.29, 1.82) is 0 Å². The van der Waals surface area contributed by atoms with Crippen LogP contribution < -0.4 is 5.32 Å². The van der Waals surface area contributed by atoms with Crippen molar-refractivity contribution in [3.05, 3.63) is 35.0 Å². The van der Waals surface area contributed by atoms with Crippen molar-refractivity contribution >= 4 is 33.3 Å². The minimum absolute atomic E-state index is 0.226. The van der Waals surface area contributed by atoms with E-state index in [2.05, 4.69) is 10.3 Å². The van der Waals surface area contributed by atoms with Crippen molar-refractivity contribution in [3.8, 4) is 11.4 Å². The van der Waals surface area contributed by atoms with E-state index in [1.807, 2.05) is 41.5 Å². The van der Waals surface area contributed by atoms with Gasteiger partial charge in [0.1, 0.15) is 10.6 Å². The number of amides is 1. The normalized spacial score (nSPS) is 18.8. The summed E-state index contributed by atoms with van der Waals surface area (Å²) in [6, 6.07) is 4.15. The zero-order chi connectivity index (χ0) is 19.8. The second-order valence-electron chi connectivity index (χ2n) is 7.85. The van der Waals surface area contributed by atoms with E-state index in [0.29, 0.717) is 12.2 Å². The SMILES string of the molecule is CCC(=O)N1CCC(Nc2nc(-c3cccnc3)nc3sc4c(c23)CCCC4)C1. The molecule has 0 aromatic carbocycles. The summed E-state index contributed by atoms with van der Waals surface area (Å²) in [6.07, 6.45) is 9.82. The van der Waals surface area contributed by atoms with E-state index in [0.717, 1.165) is 48.6 Å². The van der Waals surface area contributed by atoms with Crippen molar-refractivity contribution in [3.63, 3.8) is 0 Å². The lowest BCUT2D eigenvalue weighted by molar-refractivity contribution is -0.129. The summed E-state index contributed by atoms with van der Waals surface area (Å²) in [5.41, 5.74) is 2.36. The van der Waals surface area contributed by atoms with Gasteiger partial charge in [0.25, 0.3) is 0 Å². The van der Waals surface area contributed by atoms with Gasteiger partial charge in [-0.15, -0.1) is 11.3 Å². The summed E-state index contributed by atoms with van der Waals surface area (Å²) in [5.74, 6) is 1.86. The minimum atomic E-state index is 0.226. The first kappa shape index (κ1) is 18.5. The smallest absolute Gasteiger partial charge is 0.222 e. The molecule has 6 nitrogen and oxygen atoms in total. The minimum Gasteiger partial charge on any atom is -0.365 e. The Labute approximate surface area is 174 Å². The predicted octanol–water partition coefficient (Wildman–Crippen LogP) is 4.05. The molecule has 3 aromatic heterocycles. The molecular formula is C22H25N5OS. The number of nitrogens with one attached hydrogen (secondary N) is 1. The van der Waals surface area contributed by atoms with Crippen LogP contribution in [-0.2, 0) is 17.6 Å². The standard InChI is InChI=1S/C22H25N5OS/c1-2-18(28)27-11-9-15(13-27)24-21-19-16-7-3-4-8-17(16)29-22(19)26-20(25-21)14-6-5-10-23-12-14/h5-6,10,12,15H,2-4,7-9,11,13H2,1H3,(H,24,25,26). The van der Waals surface area contributed by atoms with Crippen LogP contribution in [0.1, 0.15) is 43.0 Å². The van der Waals surface area contributed by atoms with Gasteiger partial charge in [-0.2, -0.15) is 0 Å². The number of nitrogens with zero attached hydrogens (tertiary/aromatic N) is 4. The number of anilines is 1. The van der Waals surface area contributed by atoms with Crippen molar-refractivity contribution in [1.82, 2.24) is 19.9 Å². The van der Waals surface area contributed by atoms with Crippen LogP contribution in [0, 0.1) is 0 Å². The fraction of sp³-hybridized carbons (Fsp3) is 0.455. The molecule has 1 saturated heterocycles. The Morgan fingerprint density at radius 3 is 3.03 bits per heavy atom. The van der Waals surface area contributed by atoms with E-state index in [1.54, 1.807) is 6.20 Å². The lowest BCUT2D eigenvalue weighted by atomic mass is 9.97. The molecule has 1 unspecified atom stereocenters. The van der Waals surface area contributed by atoms with Gasteiger partial charge in [0.2, 0.25) is 5.91 Å². The Hall–Kier alpha value is -2.54. The van der Waals surface area contributed by atoms with E-state index in [1.165, 1.54) is 28.7 Å². The van der Waals surface area contributed by atoms with Gasteiger partial charge in [0.15, 0.2) is 5.82 Å². The van der Waals surface area contributed by atoms with Crippen molar-refractivity contribution in [2.24, 2.45) is 0 Å². The molecule has 4 heterocycles. The topological polar surface area (TPSA) is 71.0 Å². The Bertz CT molecular complexity index is 1050. The summed E-state index contributed by atoms with van der Waals surface area (Å²) in [6.45, 7) is 3.48. The molecule has 1 N–H and O–H groups in total. The third-order valence-corrected chi connectivity index (χ3v) is 7.10. The second-order valence-corrected chi connectivity index (χ2v) is 8.94. The maximum Gasteiger partial charge on any atom is 0.222 e. The molecule has 0 bridgehead atoms. The number of likely N-dealkylation sites (tertiary alicyclic amines) is 1. The number of thiophene rings is 1. The molecule has 3 aromatic rings. The van der Waals surface area contributed by atoms with Gasteiger partial charge in [-0.3, -0.25) is 9.78 Å². The van der Waals surface area contributed by atoms with Gasteiger partial charge in [0.05, 0.1) is 5.39 Å². The first-order valence-electron chi connectivity index (χ1n) is 10.5. The number of carbonyl (C=O) groups is 1. The largest absolute Gasteiger partial charge is 0.365 e. The fourth-order valence-electron chi connectivity index (χ4n) is 4.41. The molecular weight excluding hydrogens is 382 g/mol. The molecule has 2 aliphatic rings. The third kappa shape index (κ3) is 3.48. The zero-order valence-electron chi connectivity index (χ0n) is 16.6. The highest BCUT2D eigenvalue weighted by atomic mass is 32.1. The maximum atomic E-state index is 12.1.